The summed E-state index contributed by atoms with van der Waals surface area (Å²) in [5.74, 6) is -0.301. The third-order valence-electron chi connectivity index (χ3n) is 2.70. The summed E-state index contributed by atoms with van der Waals surface area (Å²) in [6, 6.07) is 0. The highest BCUT2D eigenvalue weighted by molar-refractivity contribution is 5.65. The number of esters is 1. The van der Waals surface area contributed by atoms with Gasteiger partial charge >= 0.3 is 5.97 Å². The largest absolute Gasteiger partial charge is 0.463 e. The summed E-state index contributed by atoms with van der Waals surface area (Å²) in [5, 5.41) is 0. The van der Waals surface area contributed by atoms with E-state index in [0.29, 0.717) is 72.7 Å². The van der Waals surface area contributed by atoms with Crippen molar-refractivity contribution in [2.45, 2.75) is 26.9 Å². The second-order valence-corrected chi connectivity index (χ2v) is 5.32. The summed E-state index contributed by atoms with van der Waals surface area (Å²) in [5.41, 5.74) is 0. The number of hydrogen-bond donors (Lipinski definition) is 0. The fraction of sp³-hybridized carbons (Fsp3) is 0.941. The molecule has 0 heterocycles. The molecule has 0 saturated heterocycles. The maximum atomic E-state index is 10.5. The molecule has 0 unspecified atom stereocenters. The van der Waals surface area contributed by atoms with Crippen LogP contribution in [0.2, 0.25) is 0 Å². The minimum Gasteiger partial charge on any atom is -0.463 e. The lowest BCUT2D eigenvalue weighted by Gasteiger charge is -2.09. The summed E-state index contributed by atoms with van der Waals surface area (Å²) >= 11 is 0. The Labute approximate surface area is 151 Å². The van der Waals surface area contributed by atoms with Gasteiger partial charge in [0.2, 0.25) is 0 Å². The van der Waals surface area contributed by atoms with Crippen LogP contribution < -0.4 is 0 Å². The van der Waals surface area contributed by atoms with Crippen LogP contribution in [-0.4, -0.2) is 91.4 Å². The zero-order valence-electron chi connectivity index (χ0n) is 15.8. The van der Waals surface area contributed by atoms with Crippen molar-refractivity contribution in [2.75, 3.05) is 79.3 Å². The van der Waals surface area contributed by atoms with Crippen LogP contribution in [0.3, 0.4) is 0 Å². The first kappa shape index (κ1) is 24.2. The van der Waals surface area contributed by atoms with Gasteiger partial charge in [-0.2, -0.15) is 0 Å². The van der Waals surface area contributed by atoms with Crippen molar-refractivity contribution in [2.24, 2.45) is 0 Å². The third kappa shape index (κ3) is 23.2. The minimum atomic E-state index is -0.301. The van der Waals surface area contributed by atoms with E-state index in [2.05, 4.69) is 0 Å². The Kier molecular flexibility index (Phi) is 19.0. The molecule has 0 aliphatic heterocycles. The predicted molar refractivity (Wildman–Crippen MR) is 91.8 cm³/mol. The van der Waals surface area contributed by atoms with E-state index in [4.69, 9.17) is 33.2 Å². The fourth-order valence-electron chi connectivity index (χ4n) is 1.57. The van der Waals surface area contributed by atoms with Gasteiger partial charge in [0.1, 0.15) is 6.61 Å². The van der Waals surface area contributed by atoms with Gasteiger partial charge < -0.3 is 33.2 Å². The van der Waals surface area contributed by atoms with Gasteiger partial charge in [-0.15, -0.1) is 0 Å². The first-order valence-electron chi connectivity index (χ1n) is 8.76. The molecule has 0 amide bonds. The lowest BCUT2D eigenvalue weighted by Crippen LogP contribution is -2.15. The maximum Gasteiger partial charge on any atom is 0.302 e. The van der Waals surface area contributed by atoms with Crippen LogP contribution >= 0.6 is 0 Å². The Morgan fingerprint density at radius 3 is 1.24 bits per heavy atom. The number of hydrogen-bond acceptors (Lipinski definition) is 8. The van der Waals surface area contributed by atoms with E-state index in [-0.39, 0.29) is 18.7 Å². The fourth-order valence-corrected chi connectivity index (χ4v) is 1.57. The van der Waals surface area contributed by atoms with E-state index in [0.717, 1.165) is 0 Å². The molecule has 25 heavy (non-hydrogen) atoms. The standard InChI is InChI=1S/C17H34O8/c1-16(2)24-14-12-22-10-8-20-6-4-19-5-7-21-9-11-23-13-15-25-17(3)18/h16H,4-15H2,1-3H3. The molecule has 0 atom stereocenters. The van der Waals surface area contributed by atoms with Gasteiger partial charge in [0.05, 0.1) is 78.8 Å². The SMILES string of the molecule is CC(=O)OCCOCCOCCOCCOCCOCCOC(C)C. The van der Waals surface area contributed by atoms with E-state index >= 15 is 0 Å². The number of rotatable bonds is 19. The van der Waals surface area contributed by atoms with E-state index < -0.39 is 0 Å². The molecular formula is C17H34O8. The molecule has 0 saturated carbocycles. The molecule has 150 valence electrons. The summed E-state index contributed by atoms with van der Waals surface area (Å²) in [7, 11) is 0. The van der Waals surface area contributed by atoms with Crippen molar-refractivity contribution in [3.8, 4) is 0 Å². The number of carbonyl (C=O) groups is 1. The summed E-state index contributed by atoms with van der Waals surface area (Å²) in [6.45, 7) is 11.3. The van der Waals surface area contributed by atoms with Gasteiger partial charge in [-0.1, -0.05) is 0 Å². The van der Waals surface area contributed by atoms with Gasteiger partial charge in [0, 0.05) is 6.92 Å². The monoisotopic (exact) mass is 366 g/mol. The van der Waals surface area contributed by atoms with Gasteiger partial charge in [-0.3, -0.25) is 4.79 Å². The summed E-state index contributed by atoms with van der Waals surface area (Å²) < 4.78 is 36.7. The van der Waals surface area contributed by atoms with Crippen LogP contribution in [-0.2, 0) is 38.0 Å². The van der Waals surface area contributed by atoms with Crippen LogP contribution in [0.1, 0.15) is 20.8 Å². The third-order valence-corrected chi connectivity index (χ3v) is 2.70. The molecule has 0 aromatic carbocycles. The van der Waals surface area contributed by atoms with Crippen molar-refractivity contribution in [1.82, 2.24) is 0 Å². The highest BCUT2D eigenvalue weighted by Gasteiger charge is 1.96. The van der Waals surface area contributed by atoms with Gasteiger partial charge in [-0.05, 0) is 13.8 Å². The highest BCUT2D eigenvalue weighted by atomic mass is 16.6. The Balaban J connectivity index is 2.99. The lowest BCUT2D eigenvalue weighted by atomic mass is 10.5. The van der Waals surface area contributed by atoms with Crippen molar-refractivity contribution in [3.05, 3.63) is 0 Å². The Morgan fingerprint density at radius 1 is 0.600 bits per heavy atom. The molecule has 0 aromatic rings. The lowest BCUT2D eigenvalue weighted by molar-refractivity contribution is -0.142. The molecule has 0 fully saturated rings. The quantitative estimate of drug-likeness (QED) is 0.248. The van der Waals surface area contributed by atoms with E-state index in [1.807, 2.05) is 13.8 Å². The first-order valence-corrected chi connectivity index (χ1v) is 8.76. The normalized spacial score (nSPS) is 11.2. The zero-order valence-corrected chi connectivity index (χ0v) is 15.8. The number of ether oxygens (including phenoxy) is 7. The first-order chi connectivity index (χ1) is 12.1. The van der Waals surface area contributed by atoms with Gasteiger partial charge in [-0.25, -0.2) is 0 Å². The number of carbonyl (C=O) groups excluding carboxylic acids is 1. The van der Waals surface area contributed by atoms with Crippen molar-refractivity contribution in [1.29, 1.82) is 0 Å². The predicted octanol–water partition coefficient (Wildman–Crippen LogP) is 1.06. The second kappa shape index (κ2) is 19.6. The second-order valence-electron chi connectivity index (χ2n) is 5.32. The molecule has 0 aromatic heterocycles. The van der Waals surface area contributed by atoms with E-state index in [9.17, 15) is 4.79 Å². The zero-order chi connectivity index (χ0) is 18.6. The topological polar surface area (TPSA) is 81.7 Å². The van der Waals surface area contributed by atoms with Gasteiger partial charge in [0.15, 0.2) is 0 Å². The van der Waals surface area contributed by atoms with Crippen molar-refractivity contribution in [3.63, 3.8) is 0 Å². The molecule has 0 radical (unpaired) electrons. The van der Waals surface area contributed by atoms with Crippen molar-refractivity contribution < 1.29 is 38.0 Å². The van der Waals surface area contributed by atoms with Crippen LogP contribution in [0.4, 0.5) is 0 Å². The molecule has 0 N–H and O–H groups in total. The molecular weight excluding hydrogens is 332 g/mol. The Hall–Kier alpha value is -0.770. The Morgan fingerprint density at radius 2 is 0.920 bits per heavy atom. The van der Waals surface area contributed by atoms with E-state index in [1.165, 1.54) is 6.92 Å². The molecule has 0 spiro atoms. The molecule has 0 bridgehead atoms. The molecule has 0 aliphatic carbocycles. The maximum absolute atomic E-state index is 10.5. The summed E-state index contributed by atoms with van der Waals surface area (Å²) in [6.07, 6.45) is 0.237. The van der Waals surface area contributed by atoms with E-state index in [1.54, 1.807) is 0 Å². The smallest absolute Gasteiger partial charge is 0.302 e. The van der Waals surface area contributed by atoms with Crippen LogP contribution in [0.5, 0.6) is 0 Å². The summed E-state index contributed by atoms with van der Waals surface area (Å²) in [4.78, 5) is 10.5. The average molecular weight is 366 g/mol. The minimum absolute atomic E-state index is 0.237. The molecule has 8 nitrogen and oxygen atoms in total. The molecule has 8 heteroatoms. The average Bonchev–Trinajstić information content (AvgIpc) is 2.56. The Bertz CT molecular complexity index is 286. The van der Waals surface area contributed by atoms with Crippen LogP contribution in [0, 0.1) is 0 Å². The van der Waals surface area contributed by atoms with Crippen LogP contribution in [0.15, 0.2) is 0 Å². The van der Waals surface area contributed by atoms with Crippen molar-refractivity contribution >= 4 is 5.97 Å². The molecule has 0 rings (SSSR count). The van der Waals surface area contributed by atoms with Crippen LogP contribution in [0.25, 0.3) is 0 Å². The highest BCUT2D eigenvalue weighted by Crippen LogP contribution is 1.88. The molecule has 0 aliphatic rings. The van der Waals surface area contributed by atoms with Gasteiger partial charge in [0.25, 0.3) is 0 Å².